The van der Waals surface area contributed by atoms with Crippen LogP contribution in [0.25, 0.3) is 0 Å². The number of alkyl halides is 2. The molecule has 0 saturated carbocycles. The topological polar surface area (TPSA) is 47.3 Å². The van der Waals surface area contributed by atoms with Crippen molar-refractivity contribution < 1.29 is 17.9 Å². The van der Waals surface area contributed by atoms with E-state index in [1.54, 1.807) is 36.4 Å². The summed E-state index contributed by atoms with van der Waals surface area (Å²) in [6.45, 7) is -2.84. The van der Waals surface area contributed by atoms with Crippen LogP contribution in [0.15, 0.2) is 48.5 Å². The van der Waals surface area contributed by atoms with Crippen LogP contribution in [0.3, 0.4) is 0 Å². The number of halogens is 3. The summed E-state index contributed by atoms with van der Waals surface area (Å²) in [5.41, 5.74) is 6.37. The lowest BCUT2D eigenvalue weighted by atomic mass is 10.1. The minimum Gasteiger partial charge on any atom is -0.434 e. The van der Waals surface area contributed by atoms with Gasteiger partial charge in [-0.1, -0.05) is 30.3 Å². The fraction of sp³-hybridized carbons (Fsp3) is 0.200. The SMILES string of the molecule is NCC(Nc1ccccc1F)c1ccccc1OC(F)F. The largest absolute Gasteiger partial charge is 0.434 e. The molecule has 112 valence electrons. The summed E-state index contributed by atoms with van der Waals surface area (Å²) in [5, 5.41) is 2.90. The van der Waals surface area contributed by atoms with E-state index in [1.165, 1.54) is 12.1 Å². The first-order valence-corrected chi connectivity index (χ1v) is 6.36. The Balaban J connectivity index is 2.27. The second-order valence-corrected chi connectivity index (χ2v) is 4.33. The van der Waals surface area contributed by atoms with E-state index in [9.17, 15) is 13.2 Å². The van der Waals surface area contributed by atoms with Crippen LogP contribution in [-0.4, -0.2) is 13.2 Å². The van der Waals surface area contributed by atoms with Gasteiger partial charge in [0.15, 0.2) is 0 Å². The maximum absolute atomic E-state index is 13.7. The van der Waals surface area contributed by atoms with Crippen molar-refractivity contribution >= 4 is 5.69 Å². The molecule has 2 aromatic rings. The van der Waals surface area contributed by atoms with E-state index in [-0.39, 0.29) is 18.0 Å². The van der Waals surface area contributed by atoms with Crippen LogP contribution in [0.5, 0.6) is 5.75 Å². The first-order valence-electron chi connectivity index (χ1n) is 6.36. The van der Waals surface area contributed by atoms with E-state index in [2.05, 4.69) is 10.1 Å². The van der Waals surface area contributed by atoms with Crippen molar-refractivity contribution in [2.75, 3.05) is 11.9 Å². The molecule has 0 aromatic heterocycles. The number of anilines is 1. The maximum atomic E-state index is 13.7. The third-order valence-electron chi connectivity index (χ3n) is 2.95. The van der Waals surface area contributed by atoms with E-state index in [4.69, 9.17) is 5.73 Å². The Morgan fingerprint density at radius 3 is 2.38 bits per heavy atom. The number of rotatable bonds is 6. The van der Waals surface area contributed by atoms with Crippen LogP contribution >= 0.6 is 0 Å². The van der Waals surface area contributed by atoms with Gasteiger partial charge in [0.1, 0.15) is 11.6 Å². The fourth-order valence-electron chi connectivity index (χ4n) is 2.00. The number of hydrogen-bond donors (Lipinski definition) is 2. The summed E-state index contributed by atoms with van der Waals surface area (Å²) >= 11 is 0. The van der Waals surface area contributed by atoms with Gasteiger partial charge in [0.05, 0.1) is 11.7 Å². The average molecular weight is 296 g/mol. The molecular formula is C15H15F3N2O. The second-order valence-electron chi connectivity index (χ2n) is 4.33. The zero-order valence-electron chi connectivity index (χ0n) is 11.1. The Hall–Kier alpha value is -2.21. The molecule has 2 aromatic carbocycles. The van der Waals surface area contributed by atoms with Gasteiger partial charge in [-0.3, -0.25) is 0 Å². The zero-order chi connectivity index (χ0) is 15.2. The molecule has 0 bridgehead atoms. The Labute approximate surface area is 120 Å². The monoisotopic (exact) mass is 296 g/mol. The lowest BCUT2D eigenvalue weighted by Crippen LogP contribution is -2.22. The number of para-hydroxylation sites is 2. The molecule has 0 spiro atoms. The van der Waals surface area contributed by atoms with E-state index >= 15 is 0 Å². The Bertz CT molecular complexity index is 593. The van der Waals surface area contributed by atoms with Gasteiger partial charge in [-0.25, -0.2) is 4.39 Å². The van der Waals surface area contributed by atoms with Crippen molar-refractivity contribution in [3.8, 4) is 5.75 Å². The second kappa shape index (κ2) is 6.99. The summed E-state index contributed by atoms with van der Waals surface area (Å²) < 4.78 is 43.0. The summed E-state index contributed by atoms with van der Waals surface area (Å²) in [6, 6.07) is 11.8. The Kier molecular flexibility index (Phi) is 5.05. The van der Waals surface area contributed by atoms with Gasteiger partial charge in [-0.05, 0) is 18.2 Å². The first-order chi connectivity index (χ1) is 10.1. The van der Waals surface area contributed by atoms with Crippen molar-refractivity contribution in [2.45, 2.75) is 12.7 Å². The molecular weight excluding hydrogens is 281 g/mol. The lowest BCUT2D eigenvalue weighted by molar-refractivity contribution is -0.0505. The predicted molar refractivity (Wildman–Crippen MR) is 74.9 cm³/mol. The number of nitrogens with one attached hydrogen (secondary N) is 1. The van der Waals surface area contributed by atoms with Crippen LogP contribution in [0.1, 0.15) is 11.6 Å². The van der Waals surface area contributed by atoms with Gasteiger partial charge in [0.25, 0.3) is 0 Å². The van der Waals surface area contributed by atoms with Crippen molar-refractivity contribution in [1.82, 2.24) is 0 Å². The van der Waals surface area contributed by atoms with E-state index in [1.807, 2.05) is 0 Å². The van der Waals surface area contributed by atoms with Crippen molar-refractivity contribution in [2.24, 2.45) is 5.73 Å². The molecule has 1 atom stereocenters. The highest BCUT2D eigenvalue weighted by molar-refractivity contribution is 5.49. The Morgan fingerprint density at radius 2 is 1.71 bits per heavy atom. The van der Waals surface area contributed by atoms with Crippen LogP contribution < -0.4 is 15.8 Å². The standard InChI is InChI=1S/C15H15F3N2O/c16-11-6-2-3-7-12(11)20-13(9-19)10-5-1-4-8-14(10)21-15(17)18/h1-8,13,15,20H,9,19H2. The number of ether oxygens (including phenoxy) is 1. The molecule has 2 rings (SSSR count). The molecule has 0 radical (unpaired) electrons. The molecule has 0 heterocycles. The minimum absolute atomic E-state index is 0.0202. The minimum atomic E-state index is -2.93. The van der Waals surface area contributed by atoms with Crippen molar-refractivity contribution in [1.29, 1.82) is 0 Å². The molecule has 21 heavy (non-hydrogen) atoms. The summed E-state index contributed by atoms with van der Waals surface area (Å²) in [6.07, 6.45) is 0. The van der Waals surface area contributed by atoms with Gasteiger partial charge in [-0.2, -0.15) is 8.78 Å². The number of benzene rings is 2. The van der Waals surface area contributed by atoms with Gasteiger partial charge >= 0.3 is 6.61 Å². The molecule has 0 amide bonds. The zero-order valence-corrected chi connectivity index (χ0v) is 11.1. The van der Waals surface area contributed by atoms with E-state index in [0.717, 1.165) is 0 Å². The summed E-state index contributed by atoms with van der Waals surface area (Å²) in [7, 11) is 0. The molecule has 0 saturated heterocycles. The average Bonchev–Trinajstić information content (AvgIpc) is 2.47. The third kappa shape index (κ3) is 3.88. The van der Waals surface area contributed by atoms with Crippen LogP contribution in [-0.2, 0) is 0 Å². The molecule has 0 aliphatic rings. The van der Waals surface area contributed by atoms with Crippen LogP contribution in [0, 0.1) is 5.82 Å². The number of nitrogens with two attached hydrogens (primary N) is 1. The van der Waals surface area contributed by atoms with Gasteiger partial charge in [0.2, 0.25) is 0 Å². The lowest BCUT2D eigenvalue weighted by Gasteiger charge is -2.21. The van der Waals surface area contributed by atoms with E-state index < -0.39 is 18.5 Å². The van der Waals surface area contributed by atoms with Gasteiger partial charge < -0.3 is 15.8 Å². The first kappa shape index (κ1) is 15.2. The number of hydrogen-bond acceptors (Lipinski definition) is 3. The highest BCUT2D eigenvalue weighted by Gasteiger charge is 2.18. The normalized spacial score (nSPS) is 12.2. The van der Waals surface area contributed by atoms with Crippen molar-refractivity contribution in [3.05, 3.63) is 59.9 Å². The van der Waals surface area contributed by atoms with Crippen molar-refractivity contribution in [3.63, 3.8) is 0 Å². The third-order valence-corrected chi connectivity index (χ3v) is 2.95. The summed E-state index contributed by atoms with van der Waals surface area (Å²) in [4.78, 5) is 0. The Morgan fingerprint density at radius 1 is 1.05 bits per heavy atom. The molecule has 0 aliphatic heterocycles. The van der Waals surface area contributed by atoms with Gasteiger partial charge in [-0.15, -0.1) is 0 Å². The molecule has 6 heteroatoms. The van der Waals surface area contributed by atoms with Gasteiger partial charge in [0, 0.05) is 12.1 Å². The smallest absolute Gasteiger partial charge is 0.387 e. The highest BCUT2D eigenvalue weighted by Crippen LogP contribution is 2.29. The highest BCUT2D eigenvalue weighted by atomic mass is 19.3. The quantitative estimate of drug-likeness (QED) is 0.857. The fourth-order valence-corrected chi connectivity index (χ4v) is 2.00. The molecule has 0 fully saturated rings. The van der Waals surface area contributed by atoms with Crippen LogP contribution in [0.4, 0.5) is 18.9 Å². The van der Waals surface area contributed by atoms with Crippen LogP contribution in [0.2, 0.25) is 0 Å². The molecule has 0 aliphatic carbocycles. The van der Waals surface area contributed by atoms with E-state index in [0.29, 0.717) is 5.56 Å². The maximum Gasteiger partial charge on any atom is 0.387 e. The molecule has 3 nitrogen and oxygen atoms in total. The molecule has 3 N–H and O–H groups in total. The summed E-state index contributed by atoms with van der Waals surface area (Å²) in [5.74, 6) is -0.421. The predicted octanol–water partition coefficient (Wildman–Crippen LogP) is 3.54. The molecule has 1 unspecified atom stereocenters.